The second-order valence-corrected chi connectivity index (χ2v) is 3.25. The topological polar surface area (TPSA) is 60.9 Å². The summed E-state index contributed by atoms with van der Waals surface area (Å²) in [5.41, 5.74) is 6.79. The van der Waals surface area contributed by atoms with Crippen molar-refractivity contribution < 1.29 is 4.79 Å². The normalized spacial score (nSPS) is 10.1. The van der Waals surface area contributed by atoms with Gasteiger partial charge in [-0.25, -0.2) is 0 Å². The van der Waals surface area contributed by atoms with Gasteiger partial charge in [-0.15, -0.1) is 0 Å². The van der Waals surface area contributed by atoms with Gasteiger partial charge in [0.1, 0.15) is 5.69 Å². The highest BCUT2D eigenvalue weighted by Crippen LogP contribution is 2.06. The molecular formula is C11H11N3O. The highest BCUT2D eigenvalue weighted by atomic mass is 16.1. The van der Waals surface area contributed by atoms with Crippen LogP contribution in [0.25, 0.3) is 0 Å². The molecule has 0 saturated carbocycles. The van der Waals surface area contributed by atoms with Crippen molar-refractivity contribution in [3.8, 4) is 0 Å². The molecule has 2 aromatic rings. The summed E-state index contributed by atoms with van der Waals surface area (Å²) in [6, 6.07) is 7.33. The molecule has 0 aliphatic heterocycles. The van der Waals surface area contributed by atoms with E-state index < -0.39 is 5.91 Å². The Morgan fingerprint density at radius 2 is 2.27 bits per heavy atom. The molecule has 2 aromatic heterocycles. The van der Waals surface area contributed by atoms with E-state index in [0.29, 0.717) is 12.2 Å². The van der Waals surface area contributed by atoms with E-state index in [-0.39, 0.29) is 0 Å². The summed E-state index contributed by atoms with van der Waals surface area (Å²) < 4.78 is 1.80. The first kappa shape index (κ1) is 9.45. The second-order valence-electron chi connectivity index (χ2n) is 3.25. The van der Waals surface area contributed by atoms with Crippen LogP contribution in [0.5, 0.6) is 0 Å². The number of hydrogen-bond acceptors (Lipinski definition) is 2. The third-order valence-corrected chi connectivity index (χ3v) is 2.16. The van der Waals surface area contributed by atoms with Crippen LogP contribution in [0, 0.1) is 0 Å². The number of carbonyl (C=O) groups is 1. The van der Waals surface area contributed by atoms with E-state index in [4.69, 9.17) is 5.73 Å². The first-order chi connectivity index (χ1) is 7.27. The Morgan fingerprint density at radius 1 is 1.40 bits per heavy atom. The maximum Gasteiger partial charge on any atom is 0.265 e. The Kier molecular flexibility index (Phi) is 2.49. The van der Waals surface area contributed by atoms with Crippen LogP contribution >= 0.6 is 0 Å². The lowest BCUT2D eigenvalue weighted by molar-refractivity contribution is 0.0992. The van der Waals surface area contributed by atoms with Gasteiger partial charge in [-0.1, -0.05) is 6.07 Å². The average molecular weight is 201 g/mol. The van der Waals surface area contributed by atoms with Crippen LogP contribution in [0.1, 0.15) is 16.1 Å². The standard InChI is InChI=1S/C11H11N3O/c12-11(15)10-4-2-6-14(10)8-9-3-1-5-13-7-9/h1-7H,8H2,(H2,12,15). The van der Waals surface area contributed by atoms with E-state index in [1.807, 2.05) is 18.3 Å². The highest BCUT2D eigenvalue weighted by Gasteiger charge is 2.06. The molecule has 76 valence electrons. The van der Waals surface area contributed by atoms with Crippen molar-refractivity contribution in [3.63, 3.8) is 0 Å². The predicted molar refractivity (Wildman–Crippen MR) is 56.3 cm³/mol. The van der Waals surface area contributed by atoms with Crippen molar-refractivity contribution in [1.82, 2.24) is 9.55 Å². The fraction of sp³-hybridized carbons (Fsp3) is 0.0909. The summed E-state index contributed by atoms with van der Waals surface area (Å²) in [6.07, 6.45) is 5.31. The molecule has 0 aromatic carbocycles. The van der Waals surface area contributed by atoms with Gasteiger partial charge in [0.2, 0.25) is 0 Å². The van der Waals surface area contributed by atoms with Crippen molar-refractivity contribution in [1.29, 1.82) is 0 Å². The second kappa shape index (κ2) is 3.96. The van der Waals surface area contributed by atoms with Crippen molar-refractivity contribution >= 4 is 5.91 Å². The van der Waals surface area contributed by atoms with E-state index in [1.165, 1.54) is 0 Å². The Hall–Kier alpha value is -2.10. The summed E-state index contributed by atoms with van der Waals surface area (Å²) in [5.74, 6) is -0.413. The Bertz CT molecular complexity index is 462. The molecule has 1 amide bonds. The number of rotatable bonds is 3. The number of carbonyl (C=O) groups excluding carboxylic acids is 1. The zero-order valence-electron chi connectivity index (χ0n) is 8.13. The summed E-state index contributed by atoms with van der Waals surface area (Å²) in [6.45, 7) is 0.610. The maximum atomic E-state index is 11.1. The average Bonchev–Trinajstić information content (AvgIpc) is 2.67. The lowest BCUT2D eigenvalue weighted by Crippen LogP contribution is -2.16. The summed E-state index contributed by atoms with van der Waals surface area (Å²) in [4.78, 5) is 15.1. The van der Waals surface area contributed by atoms with E-state index >= 15 is 0 Å². The molecule has 2 heterocycles. The maximum absolute atomic E-state index is 11.1. The van der Waals surface area contributed by atoms with Gasteiger partial charge in [-0.2, -0.15) is 0 Å². The first-order valence-corrected chi connectivity index (χ1v) is 4.61. The van der Waals surface area contributed by atoms with Crippen LogP contribution in [0.3, 0.4) is 0 Å². The number of primary amides is 1. The molecule has 0 spiro atoms. The smallest absolute Gasteiger partial charge is 0.265 e. The fourth-order valence-corrected chi connectivity index (χ4v) is 1.46. The molecule has 4 heteroatoms. The molecule has 0 aliphatic carbocycles. The molecule has 15 heavy (non-hydrogen) atoms. The van der Waals surface area contributed by atoms with Crippen LogP contribution in [0.2, 0.25) is 0 Å². The summed E-state index contributed by atoms with van der Waals surface area (Å²) in [7, 11) is 0. The van der Waals surface area contributed by atoms with Gasteiger partial charge >= 0.3 is 0 Å². The quantitative estimate of drug-likeness (QED) is 0.806. The van der Waals surface area contributed by atoms with Crippen LogP contribution < -0.4 is 5.73 Å². The summed E-state index contributed by atoms with van der Waals surface area (Å²) in [5, 5.41) is 0. The molecule has 0 fully saturated rings. The van der Waals surface area contributed by atoms with Crippen LogP contribution in [-0.2, 0) is 6.54 Å². The van der Waals surface area contributed by atoms with Crippen molar-refractivity contribution in [2.75, 3.05) is 0 Å². The van der Waals surface area contributed by atoms with Crippen LogP contribution in [-0.4, -0.2) is 15.5 Å². The van der Waals surface area contributed by atoms with Crippen LogP contribution in [0.4, 0.5) is 0 Å². The molecule has 2 rings (SSSR count). The van der Waals surface area contributed by atoms with Gasteiger partial charge in [0.15, 0.2) is 0 Å². The molecule has 0 radical (unpaired) electrons. The number of pyridine rings is 1. The van der Waals surface area contributed by atoms with Gasteiger partial charge < -0.3 is 10.3 Å². The minimum Gasteiger partial charge on any atom is -0.364 e. The Balaban J connectivity index is 2.25. The third-order valence-electron chi connectivity index (χ3n) is 2.16. The number of amides is 1. The predicted octanol–water partition coefficient (Wildman–Crippen LogP) is 1.03. The highest BCUT2D eigenvalue weighted by molar-refractivity contribution is 5.91. The molecule has 0 unspecified atom stereocenters. The van der Waals surface area contributed by atoms with Crippen LogP contribution in [0.15, 0.2) is 42.9 Å². The van der Waals surface area contributed by atoms with Crippen molar-refractivity contribution in [2.45, 2.75) is 6.54 Å². The number of nitrogens with two attached hydrogens (primary N) is 1. The molecule has 0 bridgehead atoms. The zero-order valence-corrected chi connectivity index (χ0v) is 8.13. The number of hydrogen-bond donors (Lipinski definition) is 1. The third kappa shape index (κ3) is 2.04. The number of nitrogens with zero attached hydrogens (tertiary/aromatic N) is 2. The first-order valence-electron chi connectivity index (χ1n) is 4.61. The molecule has 0 atom stereocenters. The molecule has 2 N–H and O–H groups in total. The van der Waals surface area contributed by atoms with Gasteiger partial charge in [0, 0.05) is 25.1 Å². The minimum absolute atomic E-state index is 0.413. The van der Waals surface area contributed by atoms with E-state index in [2.05, 4.69) is 4.98 Å². The monoisotopic (exact) mass is 201 g/mol. The lowest BCUT2D eigenvalue weighted by Gasteiger charge is -2.05. The number of aromatic nitrogens is 2. The SMILES string of the molecule is NC(=O)c1cccn1Cc1cccnc1. The Labute approximate surface area is 87.4 Å². The fourth-order valence-electron chi connectivity index (χ4n) is 1.46. The molecule has 4 nitrogen and oxygen atoms in total. The lowest BCUT2D eigenvalue weighted by atomic mass is 10.3. The Morgan fingerprint density at radius 3 is 2.93 bits per heavy atom. The van der Waals surface area contributed by atoms with Crippen molar-refractivity contribution in [2.24, 2.45) is 5.73 Å². The van der Waals surface area contributed by atoms with E-state index in [0.717, 1.165) is 5.56 Å². The summed E-state index contributed by atoms with van der Waals surface area (Å²) >= 11 is 0. The zero-order chi connectivity index (χ0) is 10.7. The molecule has 0 aliphatic rings. The van der Waals surface area contributed by atoms with Gasteiger partial charge in [-0.05, 0) is 23.8 Å². The largest absolute Gasteiger partial charge is 0.364 e. The molecular weight excluding hydrogens is 190 g/mol. The minimum atomic E-state index is -0.413. The van der Waals surface area contributed by atoms with Gasteiger partial charge in [-0.3, -0.25) is 9.78 Å². The molecule has 0 saturated heterocycles. The van der Waals surface area contributed by atoms with E-state index in [1.54, 1.807) is 29.1 Å². The van der Waals surface area contributed by atoms with Gasteiger partial charge in [0.25, 0.3) is 5.91 Å². The van der Waals surface area contributed by atoms with E-state index in [9.17, 15) is 4.79 Å². The van der Waals surface area contributed by atoms with Gasteiger partial charge in [0.05, 0.1) is 0 Å². The van der Waals surface area contributed by atoms with Crippen molar-refractivity contribution in [3.05, 3.63) is 54.1 Å².